The van der Waals surface area contributed by atoms with Crippen molar-refractivity contribution in [3.63, 3.8) is 0 Å². The fourth-order valence-electron chi connectivity index (χ4n) is 1.91. The van der Waals surface area contributed by atoms with Crippen LogP contribution in [0.5, 0.6) is 0 Å². The molecular weight excluding hydrogens is 242 g/mol. The first-order valence-corrected chi connectivity index (χ1v) is 7.80. The van der Waals surface area contributed by atoms with Gasteiger partial charge in [0.05, 0.1) is 16.3 Å². The molecule has 0 saturated heterocycles. The molecule has 0 aliphatic carbocycles. The molecule has 0 aromatic carbocycles. The second-order valence-corrected chi connectivity index (χ2v) is 7.45. The van der Waals surface area contributed by atoms with Crippen LogP contribution in [0.25, 0.3) is 0 Å². The van der Waals surface area contributed by atoms with Crippen LogP contribution in [0.15, 0.2) is 5.38 Å². The number of aliphatic hydroxyl groups is 1. The molecule has 0 fully saturated rings. The SMILES string of the molecule is CCCCCC(C)(O)Cc1nc(C(C)(C)C)cs1. The Morgan fingerprint density at radius 3 is 2.39 bits per heavy atom. The molecule has 104 valence electrons. The molecule has 1 rings (SSSR count). The van der Waals surface area contributed by atoms with Gasteiger partial charge in [0.15, 0.2) is 0 Å². The quantitative estimate of drug-likeness (QED) is 0.780. The van der Waals surface area contributed by atoms with Gasteiger partial charge in [-0.2, -0.15) is 0 Å². The van der Waals surface area contributed by atoms with Crippen LogP contribution in [0.1, 0.15) is 71.0 Å². The molecule has 1 N–H and O–H groups in total. The predicted octanol–water partition coefficient (Wildman–Crippen LogP) is 4.31. The molecule has 0 amide bonds. The van der Waals surface area contributed by atoms with Crippen LogP contribution < -0.4 is 0 Å². The summed E-state index contributed by atoms with van der Waals surface area (Å²) in [4.78, 5) is 4.65. The second-order valence-electron chi connectivity index (χ2n) is 6.51. The van der Waals surface area contributed by atoms with E-state index in [-0.39, 0.29) is 5.41 Å². The van der Waals surface area contributed by atoms with Crippen molar-refractivity contribution in [1.29, 1.82) is 0 Å². The average molecular weight is 269 g/mol. The van der Waals surface area contributed by atoms with Gasteiger partial charge in [-0.25, -0.2) is 4.98 Å². The lowest BCUT2D eigenvalue weighted by atomic mass is 9.93. The van der Waals surface area contributed by atoms with Crippen LogP contribution in [0.4, 0.5) is 0 Å². The maximum atomic E-state index is 10.4. The van der Waals surface area contributed by atoms with Gasteiger partial charge in [-0.05, 0) is 13.3 Å². The molecule has 1 atom stereocenters. The predicted molar refractivity (Wildman–Crippen MR) is 79.3 cm³/mol. The minimum atomic E-state index is -0.609. The fraction of sp³-hybridized carbons (Fsp3) is 0.800. The van der Waals surface area contributed by atoms with Crippen molar-refractivity contribution in [3.05, 3.63) is 16.1 Å². The Morgan fingerprint density at radius 1 is 1.22 bits per heavy atom. The smallest absolute Gasteiger partial charge is 0.0957 e. The summed E-state index contributed by atoms with van der Waals surface area (Å²) in [6, 6.07) is 0. The zero-order valence-corrected chi connectivity index (χ0v) is 13.2. The first-order chi connectivity index (χ1) is 8.24. The Labute approximate surface area is 115 Å². The normalized spacial score (nSPS) is 15.7. The van der Waals surface area contributed by atoms with Gasteiger partial charge in [-0.15, -0.1) is 11.3 Å². The summed E-state index contributed by atoms with van der Waals surface area (Å²) >= 11 is 1.67. The van der Waals surface area contributed by atoms with Crippen LogP contribution in [-0.4, -0.2) is 15.7 Å². The molecule has 0 spiro atoms. The van der Waals surface area contributed by atoms with E-state index in [4.69, 9.17) is 0 Å². The molecule has 1 heterocycles. The third kappa shape index (κ3) is 5.07. The van der Waals surface area contributed by atoms with Gasteiger partial charge in [-0.3, -0.25) is 0 Å². The standard InChI is InChI=1S/C15H27NOS/c1-6-7-8-9-15(5,17)10-13-16-12(11-18-13)14(2,3)4/h11,17H,6-10H2,1-5H3. The number of rotatable bonds is 6. The van der Waals surface area contributed by atoms with Crippen LogP contribution in [0.2, 0.25) is 0 Å². The molecule has 2 nitrogen and oxygen atoms in total. The van der Waals surface area contributed by atoms with E-state index in [1.807, 2.05) is 6.92 Å². The molecule has 1 aromatic heterocycles. The van der Waals surface area contributed by atoms with Crippen molar-refractivity contribution in [2.45, 2.75) is 77.7 Å². The van der Waals surface area contributed by atoms with Crippen LogP contribution in [0, 0.1) is 0 Å². The van der Waals surface area contributed by atoms with Crippen molar-refractivity contribution in [3.8, 4) is 0 Å². The van der Waals surface area contributed by atoms with Crippen molar-refractivity contribution in [2.75, 3.05) is 0 Å². The van der Waals surface area contributed by atoms with E-state index in [2.05, 4.69) is 38.1 Å². The summed E-state index contributed by atoms with van der Waals surface area (Å²) in [6.07, 6.45) is 5.03. The maximum Gasteiger partial charge on any atom is 0.0957 e. The van der Waals surface area contributed by atoms with Crippen LogP contribution in [0.3, 0.4) is 0 Å². The van der Waals surface area contributed by atoms with E-state index in [1.54, 1.807) is 11.3 Å². The average Bonchev–Trinajstić information content (AvgIpc) is 2.65. The first-order valence-electron chi connectivity index (χ1n) is 6.92. The zero-order valence-electron chi connectivity index (χ0n) is 12.4. The summed E-state index contributed by atoms with van der Waals surface area (Å²) in [5.41, 5.74) is 0.622. The Bertz CT molecular complexity index is 363. The fourth-order valence-corrected chi connectivity index (χ4v) is 3.11. The van der Waals surface area contributed by atoms with E-state index in [0.29, 0.717) is 6.42 Å². The number of hydrogen-bond donors (Lipinski definition) is 1. The lowest BCUT2D eigenvalue weighted by Crippen LogP contribution is -2.27. The van der Waals surface area contributed by atoms with Gasteiger partial charge in [-0.1, -0.05) is 47.0 Å². The van der Waals surface area contributed by atoms with Crippen molar-refractivity contribution in [1.82, 2.24) is 4.98 Å². The van der Waals surface area contributed by atoms with E-state index in [9.17, 15) is 5.11 Å². The molecule has 0 radical (unpaired) electrons. The molecule has 18 heavy (non-hydrogen) atoms. The first kappa shape index (κ1) is 15.6. The monoisotopic (exact) mass is 269 g/mol. The highest BCUT2D eigenvalue weighted by Gasteiger charge is 2.24. The van der Waals surface area contributed by atoms with Crippen molar-refractivity contribution >= 4 is 11.3 Å². The summed E-state index contributed by atoms with van der Waals surface area (Å²) in [6.45, 7) is 10.6. The maximum absolute atomic E-state index is 10.4. The lowest BCUT2D eigenvalue weighted by molar-refractivity contribution is 0.0485. The van der Waals surface area contributed by atoms with Gasteiger partial charge in [0.25, 0.3) is 0 Å². The van der Waals surface area contributed by atoms with Gasteiger partial charge >= 0.3 is 0 Å². The third-order valence-corrected chi connectivity index (χ3v) is 4.02. The van der Waals surface area contributed by atoms with Gasteiger partial charge in [0, 0.05) is 17.2 Å². The number of thiazole rings is 1. The van der Waals surface area contributed by atoms with Crippen LogP contribution >= 0.6 is 11.3 Å². The highest BCUT2D eigenvalue weighted by atomic mass is 32.1. The molecule has 0 aliphatic rings. The van der Waals surface area contributed by atoms with Gasteiger partial charge in [0.1, 0.15) is 0 Å². The van der Waals surface area contributed by atoms with E-state index in [0.717, 1.165) is 23.5 Å². The minimum absolute atomic E-state index is 0.100. The molecule has 0 bridgehead atoms. The Morgan fingerprint density at radius 2 is 1.89 bits per heavy atom. The largest absolute Gasteiger partial charge is 0.390 e. The zero-order chi connectivity index (χ0) is 13.8. The molecular formula is C15H27NOS. The summed E-state index contributed by atoms with van der Waals surface area (Å²) in [5.74, 6) is 0. The minimum Gasteiger partial charge on any atom is -0.390 e. The van der Waals surface area contributed by atoms with E-state index < -0.39 is 5.60 Å². The van der Waals surface area contributed by atoms with E-state index >= 15 is 0 Å². The molecule has 1 aromatic rings. The number of hydrogen-bond acceptors (Lipinski definition) is 3. The molecule has 3 heteroatoms. The Balaban J connectivity index is 2.58. The molecule has 0 saturated carbocycles. The van der Waals surface area contributed by atoms with Crippen molar-refractivity contribution in [2.24, 2.45) is 0 Å². The number of aromatic nitrogens is 1. The molecule has 0 aliphatic heterocycles. The summed E-state index contributed by atoms with van der Waals surface area (Å²) in [5, 5.41) is 13.6. The lowest BCUT2D eigenvalue weighted by Gasteiger charge is -2.22. The highest BCUT2D eigenvalue weighted by molar-refractivity contribution is 7.09. The summed E-state index contributed by atoms with van der Waals surface area (Å²) in [7, 11) is 0. The van der Waals surface area contributed by atoms with E-state index in [1.165, 1.54) is 12.8 Å². The number of unbranched alkanes of at least 4 members (excludes halogenated alkanes) is 2. The highest BCUT2D eigenvalue weighted by Crippen LogP contribution is 2.27. The Hall–Kier alpha value is -0.410. The molecule has 1 unspecified atom stereocenters. The Kier molecular flexibility index (Phi) is 5.35. The second kappa shape index (κ2) is 6.16. The van der Waals surface area contributed by atoms with Gasteiger partial charge in [0.2, 0.25) is 0 Å². The number of nitrogens with zero attached hydrogens (tertiary/aromatic N) is 1. The topological polar surface area (TPSA) is 33.1 Å². The van der Waals surface area contributed by atoms with Gasteiger partial charge < -0.3 is 5.11 Å². The van der Waals surface area contributed by atoms with Crippen LogP contribution in [-0.2, 0) is 11.8 Å². The third-order valence-electron chi connectivity index (χ3n) is 3.17. The summed E-state index contributed by atoms with van der Waals surface area (Å²) < 4.78 is 0. The van der Waals surface area contributed by atoms with Crippen molar-refractivity contribution < 1.29 is 5.11 Å².